The van der Waals surface area contributed by atoms with Crippen molar-refractivity contribution in [1.82, 2.24) is 0 Å². The van der Waals surface area contributed by atoms with E-state index in [9.17, 15) is 10.0 Å². The maximum absolute atomic E-state index is 10.8. The lowest BCUT2D eigenvalue weighted by molar-refractivity contribution is -0.866. The molecule has 0 saturated carbocycles. The molecule has 0 spiro atoms. The van der Waals surface area contributed by atoms with Crippen LogP contribution in [0, 0.1) is 5.21 Å². The molecule has 0 aliphatic rings. The Morgan fingerprint density at radius 2 is 1.29 bits per heavy atom. The molecule has 0 bridgehead atoms. The molecule has 0 rings (SSSR count). The third kappa shape index (κ3) is 21.4. The summed E-state index contributed by atoms with van der Waals surface area (Å²) in [7, 11) is 3.10. The second kappa shape index (κ2) is 17.2. The van der Waals surface area contributed by atoms with E-state index in [1.54, 1.807) is 14.1 Å². The lowest BCUT2D eigenvalue weighted by atomic mass is 10.1. The first kappa shape index (κ1) is 25.6. The van der Waals surface area contributed by atoms with Gasteiger partial charge in [-0.1, -0.05) is 78.1 Å². The lowest BCUT2D eigenvalue weighted by Crippen LogP contribution is -2.48. The molecule has 146 valence electrons. The molecule has 5 heteroatoms. The summed E-state index contributed by atoms with van der Waals surface area (Å²) < 4.78 is -0.392. The average molecular weight is 347 g/mol. The molecule has 0 aromatic heterocycles. The smallest absolute Gasteiger partial charge is 0.303 e. The van der Waals surface area contributed by atoms with E-state index in [4.69, 9.17) is 10.8 Å². The van der Waals surface area contributed by atoms with Crippen LogP contribution in [0.25, 0.3) is 0 Å². The summed E-state index contributed by atoms with van der Waals surface area (Å²) >= 11 is 0. The Kier molecular flexibility index (Phi) is 18.3. The molecule has 0 heterocycles. The highest BCUT2D eigenvalue weighted by Crippen LogP contribution is 2.11. The number of hydroxylamine groups is 3. The Bertz CT molecular complexity index is 278. The molecule has 0 fully saturated rings. The molecule has 0 aliphatic carbocycles. The number of carboxylic acid groups (broad SMARTS) is 1. The standard InChI is InChI=1S/C14H28O2.C5H14N2O/c1-2-3-4-5-6-7-8-9-10-11-12-13-14(15)16;1-4-5(6)7(2,3)8/h2-13H2,1H3,(H,15,16);5H,4,6H2,1-3H3. The van der Waals surface area contributed by atoms with E-state index in [1.165, 1.54) is 57.8 Å². The van der Waals surface area contributed by atoms with Gasteiger partial charge in [0.05, 0.1) is 14.1 Å². The third-order valence-electron chi connectivity index (χ3n) is 4.21. The highest BCUT2D eigenvalue weighted by molar-refractivity contribution is 5.66. The first-order valence-electron chi connectivity index (χ1n) is 9.77. The molecule has 0 radical (unpaired) electrons. The molecule has 1 atom stereocenters. The summed E-state index contributed by atoms with van der Waals surface area (Å²) in [4.78, 5) is 10.3. The van der Waals surface area contributed by atoms with Gasteiger partial charge < -0.3 is 15.0 Å². The van der Waals surface area contributed by atoms with Crippen LogP contribution in [0.15, 0.2) is 0 Å². The number of unbranched alkanes of at least 4 members (excludes halogenated alkanes) is 10. The van der Waals surface area contributed by atoms with Crippen LogP contribution < -0.4 is 5.73 Å². The molecular formula is C19H42N2O3. The number of carbonyl (C=O) groups is 1. The van der Waals surface area contributed by atoms with Gasteiger partial charge in [0.1, 0.15) is 6.17 Å². The zero-order valence-electron chi connectivity index (χ0n) is 16.6. The van der Waals surface area contributed by atoms with Crippen molar-refractivity contribution < 1.29 is 14.5 Å². The largest absolute Gasteiger partial charge is 0.632 e. The molecule has 24 heavy (non-hydrogen) atoms. The van der Waals surface area contributed by atoms with Crippen LogP contribution in [-0.2, 0) is 4.79 Å². The van der Waals surface area contributed by atoms with Crippen LogP contribution in [0.4, 0.5) is 0 Å². The second-order valence-electron chi connectivity index (χ2n) is 7.09. The van der Waals surface area contributed by atoms with Gasteiger partial charge in [-0.15, -0.1) is 0 Å². The summed E-state index contributed by atoms with van der Waals surface area (Å²) in [5, 5.41) is 19.3. The monoisotopic (exact) mass is 346 g/mol. The fraction of sp³-hybridized carbons (Fsp3) is 0.947. The van der Waals surface area contributed by atoms with Crippen molar-refractivity contribution in [1.29, 1.82) is 0 Å². The van der Waals surface area contributed by atoms with Gasteiger partial charge in [0.25, 0.3) is 0 Å². The van der Waals surface area contributed by atoms with Crippen molar-refractivity contribution in [2.45, 2.75) is 103 Å². The minimum absolute atomic E-state index is 0.269. The number of nitrogens with two attached hydrogens (primary N) is 1. The van der Waals surface area contributed by atoms with Crippen LogP contribution in [0.1, 0.15) is 97.3 Å². The molecule has 0 aliphatic heterocycles. The minimum atomic E-state index is -0.657. The molecular weight excluding hydrogens is 304 g/mol. The van der Waals surface area contributed by atoms with Crippen LogP contribution in [-0.4, -0.2) is 36.0 Å². The van der Waals surface area contributed by atoms with Crippen molar-refractivity contribution >= 4 is 5.97 Å². The average Bonchev–Trinajstić information content (AvgIpc) is 2.51. The Labute approximate surface area is 149 Å². The van der Waals surface area contributed by atoms with Crippen molar-refractivity contribution in [2.24, 2.45) is 5.73 Å². The zero-order valence-corrected chi connectivity index (χ0v) is 16.6. The number of carboxylic acids is 1. The van der Waals surface area contributed by atoms with Gasteiger partial charge in [-0.25, -0.2) is 0 Å². The third-order valence-corrected chi connectivity index (χ3v) is 4.21. The Balaban J connectivity index is 0. The molecule has 1 unspecified atom stereocenters. The number of quaternary nitrogens is 1. The summed E-state index contributed by atoms with van der Waals surface area (Å²) in [6, 6.07) is 0. The van der Waals surface area contributed by atoms with E-state index in [0.717, 1.165) is 19.3 Å². The van der Waals surface area contributed by atoms with E-state index >= 15 is 0 Å². The Morgan fingerprint density at radius 3 is 1.54 bits per heavy atom. The maximum atomic E-state index is 10.8. The van der Waals surface area contributed by atoms with Crippen molar-refractivity contribution in [3.63, 3.8) is 0 Å². The van der Waals surface area contributed by atoms with E-state index in [-0.39, 0.29) is 6.17 Å². The van der Waals surface area contributed by atoms with E-state index in [1.807, 2.05) is 6.92 Å². The second-order valence-corrected chi connectivity index (χ2v) is 7.09. The quantitative estimate of drug-likeness (QED) is 0.200. The van der Waals surface area contributed by atoms with Crippen LogP contribution >= 0.6 is 0 Å². The molecule has 3 N–H and O–H groups in total. The van der Waals surface area contributed by atoms with E-state index in [2.05, 4.69) is 6.92 Å². The normalized spacial score (nSPS) is 12.4. The predicted octanol–water partition coefficient (Wildman–Crippen LogP) is 5.03. The van der Waals surface area contributed by atoms with Gasteiger partial charge in [-0.05, 0) is 6.42 Å². The SMILES string of the molecule is CCC(N)[N+](C)(C)[O-].CCCCCCCCCCCCCC(=O)O. The predicted molar refractivity (Wildman–Crippen MR) is 102 cm³/mol. The van der Waals surface area contributed by atoms with Gasteiger partial charge in [-0.3, -0.25) is 10.5 Å². The highest BCUT2D eigenvalue weighted by atomic mass is 16.5. The number of aliphatic carboxylic acids is 1. The number of hydrogen-bond acceptors (Lipinski definition) is 3. The molecule has 0 saturated heterocycles. The molecule has 0 aromatic rings. The fourth-order valence-corrected chi connectivity index (χ4v) is 2.38. The highest BCUT2D eigenvalue weighted by Gasteiger charge is 2.10. The van der Waals surface area contributed by atoms with Crippen molar-refractivity contribution in [3.8, 4) is 0 Å². The first-order chi connectivity index (χ1) is 11.3. The summed E-state index contributed by atoms with van der Waals surface area (Å²) in [6.07, 6.45) is 14.8. The number of hydrogen-bond donors (Lipinski definition) is 2. The topological polar surface area (TPSA) is 86.4 Å². The van der Waals surface area contributed by atoms with Crippen molar-refractivity contribution in [2.75, 3.05) is 14.1 Å². The van der Waals surface area contributed by atoms with Crippen molar-refractivity contribution in [3.05, 3.63) is 5.21 Å². The zero-order chi connectivity index (χ0) is 18.8. The van der Waals surface area contributed by atoms with E-state index in [0.29, 0.717) is 6.42 Å². The van der Waals surface area contributed by atoms with Crippen LogP contribution in [0.3, 0.4) is 0 Å². The first-order valence-corrected chi connectivity index (χ1v) is 9.77. The summed E-state index contributed by atoms with van der Waals surface area (Å²) in [5.41, 5.74) is 5.41. The van der Waals surface area contributed by atoms with E-state index < -0.39 is 10.6 Å². The molecule has 5 nitrogen and oxygen atoms in total. The van der Waals surface area contributed by atoms with Gasteiger partial charge in [0, 0.05) is 12.8 Å². The molecule has 0 amide bonds. The van der Waals surface area contributed by atoms with Crippen LogP contribution in [0.2, 0.25) is 0 Å². The van der Waals surface area contributed by atoms with Gasteiger partial charge >= 0.3 is 5.97 Å². The van der Waals surface area contributed by atoms with Gasteiger partial charge in [-0.2, -0.15) is 0 Å². The number of rotatable bonds is 14. The fourth-order valence-electron chi connectivity index (χ4n) is 2.38. The van der Waals surface area contributed by atoms with Gasteiger partial charge in [0.15, 0.2) is 0 Å². The van der Waals surface area contributed by atoms with Crippen LogP contribution in [0.5, 0.6) is 0 Å². The molecule has 0 aromatic carbocycles. The minimum Gasteiger partial charge on any atom is -0.632 e. The summed E-state index contributed by atoms with van der Waals surface area (Å²) in [5.74, 6) is -0.657. The summed E-state index contributed by atoms with van der Waals surface area (Å²) in [6.45, 7) is 4.15. The van der Waals surface area contributed by atoms with Gasteiger partial charge in [0.2, 0.25) is 0 Å². The number of nitrogens with zero attached hydrogens (tertiary/aromatic N) is 1. The lowest BCUT2D eigenvalue weighted by Gasteiger charge is -2.38. The Hall–Kier alpha value is -0.650. The maximum Gasteiger partial charge on any atom is 0.303 e. The Morgan fingerprint density at radius 1 is 0.917 bits per heavy atom.